The molecule has 0 bridgehead atoms. The van der Waals surface area contributed by atoms with Crippen LogP contribution in [0.2, 0.25) is 0 Å². The Balaban J connectivity index is 1.58. The number of aromatic nitrogens is 1. The van der Waals surface area contributed by atoms with Gasteiger partial charge in [0, 0.05) is 12.6 Å². The van der Waals surface area contributed by atoms with Crippen LogP contribution in [0, 0.1) is 11.3 Å². The molecule has 0 saturated heterocycles. The number of carbonyl (C=O) groups is 1. The fraction of sp³-hybridized carbons (Fsp3) is 0.192. The van der Waals surface area contributed by atoms with Gasteiger partial charge >= 0.3 is 19.4 Å². The number of rotatable bonds is 9. The van der Waals surface area contributed by atoms with Crippen molar-refractivity contribution in [2.75, 3.05) is 6.61 Å². The van der Waals surface area contributed by atoms with Crippen LogP contribution in [0.4, 0.5) is 18.0 Å². The molecule has 3 aromatic rings. The van der Waals surface area contributed by atoms with Crippen LogP contribution in [0.25, 0.3) is 11.6 Å². The van der Waals surface area contributed by atoms with Crippen molar-refractivity contribution in [2.45, 2.75) is 25.0 Å². The van der Waals surface area contributed by atoms with Gasteiger partial charge in [-0.05, 0) is 41.3 Å². The number of benzene rings is 2. The van der Waals surface area contributed by atoms with Crippen LogP contribution in [0.3, 0.4) is 0 Å². The number of halogens is 3. The van der Waals surface area contributed by atoms with Gasteiger partial charge in [-0.1, -0.05) is 54.6 Å². The second kappa shape index (κ2) is 12.7. The van der Waals surface area contributed by atoms with E-state index in [2.05, 4.69) is 10.3 Å². The number of alkyl carbamates (subject to hydrolysis) is 1. The van der Waals surface area contributed by atoms with Crippen LogP contribution < -0.4 is 5.32 Å². The number of allylic oxidation sites excluding steroid dienone is 1. The average Bonchev–Trinajstić information content (AvgIpc) is 2.87. The van der Waals surface area contributed by atoms with E-state index in [4.69, 9.17) is 4.74 Å². The highest BCUT2D eigenvalue weighted by atomic mass is 19.4. The molecule has 0 aliphatic carbocycles. The monoisotopic (exact) mass is 509 g/mol. The number of alkyl halides is 3. The second-order valence-electron chi connectivity index (χ2n) is 8.08. The van der Waals surface area contributed by atoms with Crippen molar-refractivity contribution < 1.29 is 32.8 Å². The predicted octanol–water partition coefficient (Wildman–Crippen LogP) is 4.06. The molecule has 7 nitrogen and oxygen atoms in total. The van der Waals surface area contributed by atoms with Gasteiger partial charge in [-0.25, -0.2) is 4.79 Å². The van der Waals surface area contributed by atoms with Crippen LogP contribution in [-0.4, -0.2) is 40.8 Å². The fourth-order valence-corrected chi connectivity index (χ4v) is 3.44. The Labute approximate surface area is 212 Å². The number of carbonyl (C=O) groups excluding carboxylic acids is 1. The van der Waals surface area contributed by atoms with E-state index in [0.29, 0.717) is 18.2 Å². The molecule has 3 rings (SSSR count). The molecular formula is C26H23BF3N3O4. The summed E-state index contributed by atoms with van der Waals surface area (Å²) in [4.78, 5) is 15.9. The lowest BCUT2D eigenvalue weighted by molar-refractivity contribution is -0.137. The van der Waals surface area contributed by atoms with Gasteiger partial charge in [0.25, 0.3) is 0 Å². The first kappa shape index (κ1) is 27.5. The van der Waals surface area contributed by atoms with E-state index in [1.165, 1.54) is 6.08 Å². The summed E-state index contributed by atoms with van der Waals surface area (Å²) in [5, 5.41) is 31.1. The Kier molecular flexibility index (Phi) is 9.43. The maximum Gasteiger partial charge on any atom is 0.475 e. The highest BCUT2D eigenvalue weighted by Crippen LogP contribution is 2.29. The number of ether oxygens (including phenoxy) is 1. The summed E-state index contributed by atoms with van der Waals surface area (Å²) in [5.74, 6) is -0.952. The zero-order valence-corrected chi connectivity index (χ0v) is 19.5. The van der Waals surface area contributed by atoms with Gasteiger partial charge in [0.2, 0.25) is 0 Å². The number of nitriles is 1. The van der Waals surface area contributed by atoms with Crippen molar-refractivity contribution in [3.05, 3.63) is 101 Å². The Morgan fingerprint density at radius 2 is 1.84 bits per heavy atom. The third kappa shape index (κ3) is 8.49. The molecule has 37 heavy (non-hydrogen) atoms. The molecule has 0 saturated carbocycles. The first-order chi connectivity index (χ1) is 17.7. The van der Waals surface area contributed by atoms with Crippen molar-refractivity contribution in [3.8, 4) is 6.07 Å². The minimum Gasteiger partial charge on any atom is -0.449 e. The first-order valence-electron chi connectivity index (χ1n) is 11.2. The Morgan fingerprint density at radius 3 is 2.46 bits per heavy atom. The maximum atomic E-state index is 12.8. The molecule has 0 aliphatic rings. The predicted molar refractivity (Wildman–Crippen MR) is 131 cm³/mol. The van der Waals surface area contributed by atoms with Gasteiger partial charge in [0.15, 0.2) is 0 Å². The number of amides is 1. The van der Waals surface area contributed by atoms with Gasteiger partial charge in [-0.15, -0.1) is 0 Å². The minimum atomic E-state index is -4.52. The molecule has 1 unspecified atom stereocenters. The zero-order valence-electron chi connectivity index (χ0n) is 19.5. The summed E-state index contributed by atoms with van der Waals surface area (Å²) in [7, 11) is -1.77. The molecule has 1 aromatic heterocycles. The summed E-state index contributed by atoms with van der Waals surface area (Å²) in [6.45, 7) is 0.00412. The van der Waals surface area contributed by atoms with Gasteiger partial charge < -0.3 is 20.1 Å². The van der Waals surface area contributed by atoms with Crippen molar-refractivity contribution in [2.24, 2.45) is 0 Å². The highest BCUT2D eigenvalue weighted by Gasteiger charge is 2.30. The normalized spacial score (nSPS) is 12.4. The third-order valence-electron chi connectivity index (χ3n) is 5.33. The highest BCUT2D eigenvalue weighted by molar-refractivity contribution is 6.43. The molecule has 0 radical (unpaired) electrons. The van der Waals surface area contributed by atoms with Crippen molar-refractivity contribution in [1.29, 1.82) is 5.26 Å². The Morgan fingerprint density at radius 1 is 1.11 bits per heavy atom. The van der Waals surface area contributed by atoms with Crippen LogP contribution >= 0.6 is 0 Å². The quantitative estimate of drug-likeness (QED) is 0.296. The van der Waals surface area contributed by atoms with E-state index in [1.54, 1.807) is 48.5 Å². The Bertz CT molecular complexity index is 1260. The van der Waals surface area contributed by atoms with Crippen LogP contribution in [-0.2, 0) is 23.8 Å². The van der Waals surface area contributed by atoms with Gasteiger partial charge in [-0.3, -0.25) is 4.98 Å². The lowest BCUT2D eigenvalue weighted by Crippen LogP contribution is -2.48. The molecule has 190 valence electrons. The van der Waals surface area contributed by atoms with Crippen LogP contribution in [0.5, 0.6) is 0 Å². The lowest BCUT2D eigenvalue weighted by atomic mass is 9.76. The third-order valence-corrected chi connectivity index (χ3v) is 5.33. The van der Waals surface area contributed by atoms with E-state index >= 15 is 0 Å². The maximum absolute atomic E-state index is 12.8. The van der Waals surface area contributed by atoms with Crippen molar-refractivity contribution >= 4 is 24.9 Å². The van der Waals surface area contributed by atoms with E-state index < -0.39 is 30.9 Å². The fourth-order valence-electron chi connectivity index (χ4n) is 3.44. The molecule has 0 fully saturated rings. The van der Waals surface area contributed by atoms with Crippen molar-refractivity contribution in [3.63, 3.8) is 0 Å². The molecule has 1 heterocycles. The van der Waals surface area contributed by atoms with E-state index in [1.807, 2.05) is 12.1 Å². The molecule has 1 atom stereocenters. The average molecular weight is 509 g/mol. The second-order valence-corrected chi connectivity index (χ2v) is 8.08. The molecule has 11 heteroatoms. The summed E-state index contributed by atoms with van der Waals surface area (Å²) in [5.41, 5.74) is 1.51. The lowest BCUT2D eigenvalue weighted by Gasteiger charge is -2.17. The molecule has 1 amide bonds. The largest absolute Gasteiger partial charge is 0.475 e. The summed E-state index contributed by atoms with van der Waals surface area (Å²) in [6.07, 6.45) is -2.60. The van der Waals surface area contributed by atoms with Crippen molar-refractivity contribution in [1.82, 2.24) is 10.3 Å². The molecule has 0 spiro atoms. The number of nitrogens with one attached hydrogen (secondary N) is 1. The van der Waals surface area contributed by atoms with E-state index in [-0.39, 0.29) is 24.3 Å². The summed E-state index contributed by atoms with van der Waals surface area (Å²) >= 11 is 0. The number of hydrogen-bond donors (Lipinski definition) is 3. The number of hydrogen-bond acceptors (Lipinski definition) is 6. The summed E-state index contributed by atoms with van der Waals surface area (Å²) < 4.78 is 43.4. The van der Waals surface area contributed by atoms with E-state index in [0.717, 1.165) is 23.3 Å². The SMILES string of the molecule is N#CC(=Cc1cccc(CCOC(=O)NC(Cc2ccccc2)B(O)O)c1)c1ccc(C(F)(F)F)cn1. The van der Waals surface area contributed by atoms with Gasteiger partial charge in [-0.2, -0.15) is 18.4 Å². The molecule has 3 N–H and O–H groups in total. The van der Waals surface area contributed by atoms with Gasteiger partial charge in [0.05, 0.1) is 29.4 Å². The minimum absolute atomic E-state index is 0.00412. The van der Waals surface area contributed by atoms with Crippen LogP contribution in [0.15, 0.2) is 72.9 Å². The van der Waals surface area contributed by atoms with Gasteiger partial charge in [0.1, 0.15) is 6.07 Å². The zero-order chi connectivity index (χ0) is 26.8. The molecule has 0 aliphatic heterocycles. The smallest absolute Gasteiger partial charge is 0.449 e. The first-order valence-corrected chi connectivity index (χ1v) is 11.2. The van der Waals surface area contributed by atoms with E-state index in [9.17, 15) is 33.3 Å². The number of nitrogens with zero attached hydrogens (tertiary/aromatic N) is 2. The molecular weight excluding hydrogens is 486 g/mol. The Hall–Kier alpha value is -4.14. The standard InChI is InChI=1S/C26H23BF3N3O4/c28-26(29,30)22-9-10-23(32-17-22)21(16-31)14-20-8-4-7-19(13-20)11-12-37-25(34)33-24(27(35)36)15-18-5-2-1-3-6-18/h1-10,13-14,17,24,35-36H,11-12,15H2,(H,33,34). The number of pyridine rings is 1. The topological polar surface area (TPSA) is 115 Å². The summed E-state index contributed by atoms with van der Waals surface area (Å²) in [6, 6.07) is 20.0. The molecule has 2 aromatic carbocycles. The van der Waals surface area contributed by atoms with Crippen LogP contribution in [0.1, 0.15) is 27.9 Å².